The van der Waals surface area contributed by atoms with Crippen LogP contribution in [0.5, 0.6) is 0 Å². The van der Waals surface area contributed by atoms with E-state index in [0.29, 0.717) is 0 Å². The van der Waals surface area contributed by atoms with Crippen LogP contribution in [0, 0.1) is 0 Å². The summed E-state index contributed by atoms with van der Waals surface area (Å²) in [5, 5.41) is 9.16. The van der Waals surface area contributed by atoms with Gasteiger partial charge in [0, 0.05) is 0 Å². The normalized spacial score (nSPS) is 22.2. The molecule has 112 valence electrons. The van der Waals surface area contributed by atoms with Crippen molar-refractivity contribution in [1.82, 2.24) is 0 Å². The Morgan fingerprint density at radius 1 is 0.947 bits per heavy atom. The molecule has 0 aliphatic carbocycles. The molecule has 1 atom stereocenters. The van der Waals surface area contributed by atoms with Crippen molar-refractivity contribution < 1.29 is 9.59 Å². The van der Waals surface area contributed by atoms with Gasteiger partial charge in [0.15, 0.2) is 6.34 Å². The summed E-state index contributed by atoms with van der Waals surface area (Å²) >= 11 is 0. The maximum absolute atomic E-state index is 9.16. The molecule has 0 aromatic rings. The van der Waals surface area contributed by atoms with Gasteiger partial charge in [-0.3, -0.25) is 4.48 Å². The van der Waals surface area contributed by atoms with E-state index in [-0.39, 0.29) is 6.61 Å². The molecule has 19 heavy (non-hydrogen) atoms. The molecule has 0 spiro atoms. The van der Waals surface area contributed by atoms with Crippen LogP contribution in [0.15, 0.2) is 4.99 Å². The predicted molar refractivity (Wildman–Crippen MR) is 82.5 cm³/mol. The zero-order valence-electron chi connectivity index (χ0n) is 12.8. The zero-order chi connectivity index (χ0) is 13.8. The lowest BCUT2D eigenvalue weighted by Crippen LogP contribution is -2.48. The first-order chi connectivity index (χ1) is 9.33. The summed E-state index contributed by atoms with van der Waals surface area (Å²) in [5.41, 5.74) is 0. The Morgan fingerprint density at radius 3 is 2.11 bits per heavy atom. The van der Waals surface area contributed by atoms with E-state index in [9.17, 15) is 0 Å². The van der Waals surface area contributed by atoms with Crippen molar-refractivity contribution in [1.29, 1.82) is 0 Å². The van der Waals surface area contributed by atoms with E-state index in [2.05, 4.69) is 18.3 Å². The number of nitrogens with zero attached hydrogens (tertiary/aromatic N) is 2. The molecule has 1 N–H and O–H groups in total. The third-order valence-electron chi connectivity index (χ3n) is 4.25. The van der Waals surface area contributed by atoms with Crippen LogP contribution in [0.4, 0.5) is 0 Å². The number of hydrogen-bond acceptors (Lipinski definition) is 2. The van der Waals surface area contributed by atoms with Crippen molar-refractivity contribution in [2.45, 2.75) is 64.7 Å². The van der Waals surface area contributed by atoms with Gasteiger partial charge in [0.1, 0.15) is 13.1 Å². The van der Waals surface area contributed by atoms with Crippen molar-refractivity contribution in [3.63, 3.8) is 0 Å². The Balaban J connectivity index is 1.96. The number of rotatable bonds is 12. The second-order valence-corrected chi connectivity index (χ2v) is 5.96. The molecule has 1 unspecified atom stereocenters. The van der Waals surface area contributed by atoms with Gasteiger partial charge in [-0.2, -0.15) is 0 Å². The molecule has 1 heterocycles. The zero-order valence-corrected chi connectivity index (χ0v) is 12.8. The van der Waals surface area contributed by atoms with E-state index in [1.165, 1.54) is 64.3 Å². The molecule has 0 aromatic carbocycles. The average Bonchev–Trinajstić information content (AvgIpc) is 2.86. The van der Waals surface area contributed by atoms with Crippen LogP contribution in [0.3, 0.4) is 0 Å². The molecule has 0 radical (unpaired) electrons. The van der Waals surface area contributed by atoms with E-state index < -0.39 is 0 Å². The van der Waals surface area contributed by atoms with Crippen LogP contribution >= 0.6 is 0 Å². The van der Waals surface area contributed by atoms with E-state index in [4.69, 9.17) is 5.11 Å². The van der Waals surface area contributed by atoms with E-state index in [0.717, 1.165) is 24.1 Å². The number of unbranched alkanes of at least 4 members (excludes halogenated alkanes) is 8. The van der Waals surface area contributed by atoms with Crippen molar-refractivity contribution in [3.8, 4) is 0 Å². The molecule has 0 amide bonds. The molecule has 0 fully saturated rings. The quantitative estimate of drug-likeness (QED) is 0.427. The monoisotopic (exact) mass is 269 g/mol. The lowest BCUT2D eigenvalue weighted by atomic mass is 10.1. The van der Waals surface area contributed by atoms with Crippen molar-refractivity contribution in [3.05, 3.63) is 0 Å². The number of aliphatic imine (C=N–C) groups is 1. The molecular weight excluding hydrogens is 236 g/mol. The smallest absolute Gasteiger partial charge is 0.185 e. The minimum absolute atomic E-state index is 0.281. The van der Waals surface area contributed by atoms with Crippen LogP contribution in [0.1, 0.15) is 64.7 Å². The van der Waals surface area contributed by atoms with Gasteiger partial charge in [0.25, 0.3) is 0 Å². The molecule has 0 aromatic heterocycles. The van der Waals surface area contributed by atoms with Crippen LogP contribution in [0.2, 0.25) is 0 Å². The molecule has 0 saturated carbocycles. The van der Waals surface area contributed by atoms with Gasteiger partial charge in [0.05, 0.1) is 19.7 Å². The standard InChI is InChI=1S/C16H33N2O/c1-2-3-4-5-6-7-8-9-10-12-18(14-15-19)13-11-17-16-18/h16,19H,2-15H2,1H3/q+1. The summed E-state index contributed by atoms with van der Waals surface area (Å²) in [6.45, 7) is 6.60. The van der Waals surface area contributed by atoms with E-state index >= 15 is 0 Å². The fourth-order valence-electron chi connectivity index (χ4n) is 2.93. The number of hydrogen-bond donors (Lipinski definition) is 1. The van der Waals surface area contributed by atoms with E-state index in [1.54, 1.807) is 0 Å². The Morgan fingerprint density at radius 2 is 1.58 bits per heavy atom. The Bertz CT molecular complexity index is 243. The molecule has 3 heteroatoms. The highest BCUT2D eigenvalue weighted by Crippen LogP contribution is 2.14. The number of aliphatic hydroxyl groups excluding tert-OH is 1. The Kier molecular flexibility index (Phi) is 9.10. The van der Waals surface area contributed by atoms with Crippen LogP contribution in [-0.4, -0.2) is 48.7 Å². The average molecular weight is 269 g/mol. The topological polar surface area (TPSA) is 32.6 Å². The molecule has 0 saturated heterocycles. The largest absolute Gasteiger partial charge is 0.390 e. The van der Waals surface area contributed by atoms with Crippen LogP contribution < -0.4 is 0 Å². The molecule has 3 nitrogen and oxygen atoms in total. The second-order valence-electron chi connectivity index (χ2n) is 5.96. The SMILES string of the molecule is CCCCCCCCCCC[N+]1(CCO)C=NCC1. The number of quaternary nitrogens is 1. The maximum Gasteiger partial charge on any atom is 0.185 e. The molecular formula is C16H33N2O+. The van der Waals surface area contributed by atoms with Gasteiger partial charge >= 0.3 is 0 Å². The lowest BCUT2D eigenvalue weighted by molar-refractivity contribution is -0.829. The Labute approximate surface area is 119 Å². The van der Waals surface area contributed by atoms with Gasteiger partial charge in [-0.05, 0) is 12.8 Å². The first-order valence-corrected chi connectivity index (χ1v) is 8.30. The third-order valence-corrected chi connectivity index (χ3v) is 4.25. The fraction of sp³-hybridized carbons (Fsp3) is 0.938. The highest BCUT2D eigenvalue weighted by molar-refractivity contribution is 5.48. The first-order valence-electron chi connectivity index (χ1n) is 8.30. The van der Waals surface area contributed by atoms with Crippen molar-refractivity contribution >= 4 is 6.34 Å². The summed E-state index contributed by atoms with van der Waals surface area (Å²) < 4.78 is 0.924. The van der Waals surface area contributed by atoms with Gasteiger partial charge in [0.2, 0.25) is 0 Å². The minimum atomic E-state index is 0.281. The maximum atomic E-state index is 9.16. The lowest BCUT2D eigenvalue weighted by Gasteiger charge is -2.29. The highest BCUT2D eigenvalue weighted by atomic mass is 16.3. The third kappa shape index (κ3) is 7.07. The molecule has 1 rings (SSSR count). The molecule has 1 aliphatic heterocycles. The number of aliphatic hydroxyl groups is 1. The fourth-order valence-corrected chi connectivity index (χ4v) is 2.93. The van der Waals surface area contributed by atoms with Gasteiger partial charge < -0.3 is 5.11 Å². The Hall–Kier alpha value is -0.410. The predicted octanol–water partition coefficient (Wildman–Crippen LogP) is 3.37. The molecule has 0 bridgehead atoms. The summed E-state index contributed by atoms with van der Waals surface area (Å²) in [4.78, 5) is 4.35. The summed E-state index contributed by atoms with van der Waals surface area (Å²) in [5.74, 6) is 0. The van der Waals surface area contributed by atoms with E-state index in [1.807, 2.05) is 0 Å². The van der Waals surface area contributed by atoms with Gasteiger partial charge in [-0.15, -0.1) is 0 Å². The van der Waals surface area contributed by atoms with Gasteiger partial charge in [-0.1, -0.05) is 51.9 Å². The molecule has 1 aliphatic rings. The minimum Gasteiger partial charge on any atom is -0.390 e. The van der Waals surface area contributed by atoms with Crippen molar-refractivity contribution in [2.75, 3.05) is 32.8 Å². The second kappa shape index (κ2) is 10.4. The first kappa shape index (κ1) is 16.6. The van der Waals surface area contributed by atoms with Gasteiger partial charge in [-0.25, -0.2) is 4.99 Å². The summed E-state index contributed by atoms with van der Waals surface area (Å²) in [6.07, 6.45) is 14.5. The van der Waals surface area contributed by atoms with Crippen molar-refractivity contribution in [2.24, 2.45) is 4.99 Å². The van der Waals surface area contributed by atoms with Crippen LogP contribution in [0.25, 0.3) is 0 Å². The highest BCUT2D eigenvalue weighted by Gasteiger charge is 2.27. The summed E-state index contributed by atoms with van der Waals surface area (Å²) in [6, 6.07) is 0. The summed E-state index contributed by atoms with van der Waals surface area (Å²) in [7, 11) is 0. The van der Waals surface area contributed by atoms with Crippen LogP contribution in [-0.2, 0) is 0 Å².